The Morgan fingerprint density at radius 3 is 1.92 bits per heavy atom. The van der Waals surface area contributed by atoms with E-state index < -0.39 is 34.3 Å². The van der Waals surface area contributed by atoms with Crippen LogP contribution >= 0.6 is 0 Å². The molecule has 0 heterocycles. The molecule has 0 saturated heterocycles. The fourth-order valence-electron chi connectivity index (χ4n) is 2.62. The van der Waals surface area contributed by atoms with Gasteiger partial charge < -0.3 is 23.4 Å². The Kier molecular flexibility index (Phi) is 10.2. The quantitative estimate of drug-likeness (QED) is 0.225. The lowest BCUT2D eigenvalue weighted by atomic mass is 10.2. The van der Waals surface area contributed by atoms with Gasteiger partial charge >= 0.3 is 5.97 Å². The SMILES string of the molecule is C=C(C)C(=O)OC(CCO)OC(CC)C([SiH3])(O[Si](C)(C)C)O[Si](C)(C)C. The second kappa shape index (κ2) is 10.3. The molecule has 6 nitrogen and oxygen atoms in total. The first-order valence-electron chi connectivity index (χ1n) is 9.16. The maximum atomic E-state index is 11.9. The highest BCUT2D eigenvalue weighted by molar-refractivity contribution is 6.71. The van der Waals surface area contributed by atoms with Gasteiger partial charge in [0.1, 0.15) is 11.5 Å². The minimum atomic E-state index is -1.91. The zero-order valence-corrected chi connectivity index (χ0v) is 22.0. The summed E-state index contributed by atoms with van der Waals surface area (Å²) in [5.41, 5.74) is -0.522. The van der Waals surface area contributed by atoms with Crippen LogP contribution in [0.1, 0.15) is 26.7 Å². The molecule has 0 bridgehead atoms. The van der Waals surface area contributed by atoms with Crippen molar-refractivity contribution >= 4 is 32.8 Å². The monoisotopic (exact) mass is 422 g/mol. The van der Waals surface area contributed by atoms with E-state index in [9.17, 15) is 9.90 Å². The normalized spacial score (nSPS) is 15.6. The molecule has 2 unspecified atom stereocenters. The van der Waals surface area contributed by atoms with Gasteiger partial charge in [-0.25, -0.2) is 4.79 Å². The van der Waals surface area contributed by atoms with E-state index >= 15 is 0 Å². The Hall–Kier alpha value is -0.299. The van der Waals surface area contributed by atoms with Gasteiger partial charge in [0, 0.05) is 18.6 Å². The van der Waals surface area contributed by atoms with Crippen LogP contribution in [0.2, 0.25) is 39.3 Å². The van der Waals surface area contributed by atoms with Gasteiger partial charge in [-0.2, -0.15) is 0 Å². The van der Waals surface area contributed by atoms with Gasteiger partial charge in [0.2, 0.25) is 6.29 Å². The molecule has 0 aromatic rings. The predicted molar refractivity (Wildman–Crippen MR) is 113 cm³/mol. The Labute approximate surface area is 163 Å². The second-order valence-corrected chi connectivity index (χ2v) is 18.9. The van der Waals surface area contributed by atoms with Gasteiger partial charge in [0.25, 0.3) is 0 Å². The van der Waals surface area contributed by atoms with Crippen LogP contribution in [0.15, 0.2) is 12.2 Å². The molecule has 0 amide bonds. The maximum absolute atomic E-state index is 11.9. The van der Waals surface area contributed by atoms with E-state index in [2.05, 4.69) is 45.9 Å². The van der Waals surface area contributed by atoms with Crippen LogP contribution in [0.25, 0.3) is 0 Å². The number of hydrogen-bond acceptors (Lipinski definition) is 6. The molecule has 154 valence electrons. The third-order valence-electron chi connectivity index (χ3n) is 3.24. The summed E-state index contributed by atoms with van der Waals surface area (Å²) < 4.78 is 24.4. The molecule has 1 N–H and O–H groups in total. The van der Waals surface area contributed by atoms with Crippen LogP contribution in [0.5, 0.6) is 0 Å². The van der Waals surface area contributed by atoms with Gasteiger partial charge in [-0.1, -0.05) is 13.5 Å². The molecule has 0 aliphatic rings. The van der Waals surface area contributed by atoms with Gasteiger partial charge in [-0.3, -0.25) is 0 Å². The first-order valence-corrected chi connectivity index (χ1v) is 17.0. The molecular formula is C17H38O6Si3. The summed E-state index contributed by atoms with van der Waals surface area (Å²) in [6, 6.07) is 0. The number of carbonyl (C=O) groups excluding carboxylic acids is 1. The smallest absolute Gasteiger partial charge is 0.335 e. The summed E-state index contributed by atoms with van der Waals surface area (Å²) >= 11 is 0. The number of ether oxygens (including phenoxy) is 2. The molecule has 0 aliphatic carbocycles. The highest BCUT2D eigenvalue weighted by Crippen LogP contribution is 2.29. The zero-order chi connectivity index (χ0) is 20.8. The maximum Gasteiger partial charge on any atom is 0.335 e. The van der Waals surface area contributed by atoms with E-state index in [1.165, 1.54) is 0 Å². The number of aliphatic hydroxyl groups is 1. The van der Waals surface area contributed by atoms with Crippen molar-refractivity contribution in [1.29, 1.82) is 0 Å². The molecule has 0 aromatic carbocycles. The van der Waals surface area contributed by atoms with E-state index in [4.69, 9.17) is 18.3 Å². The number of hydrogen-bond donors (Lipinski definition) is 1. The highest BCUT2D eigenvalue weighted by Gasteiger charge is 2.44. The van der Waals surface area contributed by atoms with E-state index in [1.54, 1.807) is 6.92 Å². The van der Waals surface area contributed by atoms with E-state index in [1.807, 2.05) is 6.92 Å². The minimum absolute atomic E-state index is 0.150. The van der Waals surface area contributed by atoms with Crippen LogP contribution in [-0.4, -0.2) is 62.4 Å². The van der Waals surface area contributed by atoms with E-state index in [-0.39, 0.29) is 19.1 Å². The van der Waals surface area contributed by atoms with Gasteiger partial charge in [0.15, 0.2) is 16.6 Å². The van der Waals surface area contributed by atoms with Crippen LogP contribution in [0, 0.1) is 0 Å². The molecule has 0 radical (unpaired) electrons. The van der Waals surface area contributed by atoms with Crippen molar-refractivity contribution in [3.05, 3.63) is 12.2 Å². The fraction of sp³-hybridized carbons (Fsp3) is 0.824. The van der Waals surface area contributed by atoms with Crippen LogP contribution in [-0.2, 0) is 23.1 Å². The molecule has 0 saturated carbocycles. The highest BCUT2D eigenvalue weighted by atomic mass is 28.4. The number of esters is 1. The van der Waals surface area contributed by atoms with E-state index in [0.29, 0.717) is 22.2 Å². The summed E-state index contributed by atoms with van der Waals surface area (Å²) in [6.45, 7) is 19.7. The summed E-state index contributed by atoms with van der Waals surface area (Å²) in [5, 5.41) is 9.32. The lowest BCUT2D eigenvalue weighted by Gasteiger charge is -2.45. The average molecular weight is 423 g/mol. The second-order valence-electron chi connectivity index (χ2n) is 8.61. The molecule has 0 aromatic heterocycles. The van der Waals surface area contributed by atoms with Gasteiger partial charge in [-0.15, -0.1) is 0 Å². The molecular weight excluding hydrogens is 384 g/mol. The third kappa shape index (κ3) is 10.1. The first kappa shape index (κ1) is 25.7. The van der Waals surface area contributed by atoms with Crippen molar-refractivity contribution in [2.75, 3.05) is 6.61 Å². The van der Waals surface area contributed by atoms with Crippen LogP contribution in [0.3, 0.4) is 0 Å². The largest absolute Gasteiger partial charge is 0.432 e. The summed E-state index contributed by atoms with van der Waals surface area (Å²) in [5.74, 6) is -0.533. The van der Waals surface area contributed by atoms with Crippen molar-refractivity contribution < 1.29 is 28.2 Å². The topological polar surface area (TPSA) is 74.2 Å². The zero-order valence-electron chi connectivity index (χ0n) is 18.0. The molecule has 26 heavy (non-hydrogen) atoms. The molecule has 0 spiro atoms. The molecule has 0 rings (SSSR count). The Morgan fingerprint density at radius 2 is 1.62 bits per heavy atom. The minimum Gasteiger partial charge on any atom is -0.432 e. The van der Waals surface area contributed by atoms with Crippen molar-refractivity contribution in [3.8, 4) is 0 Å². The van der Waals surface area contributed by atoms with Gasteiger partial charge in [0.05, 0.1) is 10.2 Å². The van der Waals surface area contributed by atoms with Crippen LogP contribution in [0.4, 0.5) is 0 Å². The first-order chi connectivity index (χ1) is 11.6. The van der Waals surface area contributed by atoms with Crippen molar-refractivity contribution in [3.63, 3.8) is 0 Å². The number of rotatable bonds is 12. The molecule has 0 aliphatic heterocycles. The standard InChI is InChI=1S/C17H38O6Si3/c1-10-14(20-15(11-12-18)21-16(19)13(2)3)17(24,22-25(4,5)6)23-26(7,8)9/h14-15,18H,2,10-12H2,1,3-9,24H3. The van der Waals surface area contributed by atoms with Crippen LogP contribution < -0.4 is 0 Å². The van der Waals surface area contributed by atoms with Crippen molar-refractivity contribution in [2.24, 2.45) is 0 Å². The number of aliphatic hydroxyl groups excluding tert-OH is 1. The fourth-order valence-corrected chi connectivity index (χ4v) is 9.70. The van der Waals surface area contributed by atoms with E-state index in [0.717, 1.165) is 0 Å². The van der Waals surface area contributed by atoms with Gasteiger partial charge in [-0.05, 0) is 52.6 Å². The molecule has 0 fully saturated rings. The number of carbonyl (C=O) groups is 1. The average Bonchev–Trinajstić information content (AvgIpc) is 2.39. The molecule has 9 heteroatoms. The summed E-state index contributed by atoms with van der Waals surface area (Å²) in [4.78, 5) is 11.9. The summed E-state index contributed by atoms with van der Waals surface area (Å²) in [7, 11) is -3.21. The Morgan fingerprint density at radius 1 is 1.15 bits per heavy atom. The summed E-state index contributed by atoms with van der Waals surface area (Å²) in [6.07, 6.45) is -0.419. The van der Waals surface area contributed by atoms with Crippen molar-refractivity contribution in [1.82, 2.24) is 0 Å². The predicted octanol–water partition coefficient (Wildman–Crippen LogP) is 2.33. The molecule has 2 atom stereocenters. The van der Waals surface area contributed by atoms with Crippen molar-refractivity contribution in [2.45, 2.75) is 83.8 Å². The Balaban J connectivity index is 5.56. The lowest BCUT2D eigenvalue weighted by molar-refractivity contribution is -0.233. The Bertz CT molecular complexity index is 454. The lowest BCUT2D eigenvalue weighted by Crippen LogP contribution is -2.59. The third-order valence-corrected chi connectivity index (χ3v) is 7.15.